The van der Waals surface area contributed by atoms with Crippen LogP contribution in [0.2, 0.25) is 0 Å². The fourth-order valence-corrected chi connectivity index (χ4v) is 3.83. The van der Waals surface area contributed by atoms with Crippen molar-refractivity contribution in [1.29, 1.82) is 0 Å². The minimum atomic E-state index is -0.458. The number of hydrogen-bond acceptors (Lipinski definition) is 4. The van der Waals surface area contributed by atoms with Crippen molar-refractivity contribution in [2.24, 2.45) is 5.92 Å². The summed E-state index contributed by atoms with van der Waals surface area (Å²) in [6.45, 7) is 8.65. The van der Waals surface area contributed by atoms with Crippen molar-refractivity contribution in [3.8, 4) is 0 Å². The summed E-state index contributed by atoms with van der Waals surface area (Å²) in [6, 6.07) is 0.390. The van der Waals surface area contributed by atoms with Gasteiger partial charge in [0.05, 0.1) is 6.54 Å². The fraction of sp³-hybridized carbons (Fsp3) is 0.889. The van der Waals surface area contributed by atoms with E-state index in [2.05, 4.69) is 10.2 Å². The molecule has 0 aliphatic carbocycles. The van der Waals surface area contributed by atoms with E-state index in [1.807, 2.05) is 25.7 Å². The first-order valence-electron chi connectivity index (χ1n) is 9.22. The number of nitrogens with zero attached hydrogens (tertiary/aromatic N) is 2. The highest BCUT2D eigenvalue weighted by Gasteiger charge is 2.35. The summed E-state index contributed by atoms with van der Waals surface area (Å²) in [5, 5.41) is 2.72. The van der Waals surface area contributed by atoms with Gasteiger partial charge in [0.2, 0.25) is 5.91 Å². The zero-order chi connectivity index (χ0) is 17.7. The normalized spacial score (nSPS) is 26.1. The van der Waals surface area contributed by atoms with E-state index in [1.165, 1.54) is 6.42 Å². The molecule has 2 heterocycles. The maximum atomic E-state index is 12.4. The molecule has 0 aromatic carbocycles. The quantitative estimate of drug-likeness (QED) is 0.856. The van der Waals surface area contributed by atoms with Crippen molar-refractivity contribution in [1.82, 2.24) is 15.1 Å². The monoisotopic (exact) mass is 339 g/mol. The van der Waals surface area contributed by atoms with Crippen LogP contribution >= 0.6 is 0 Å². The van der Waals surface area contributed by atoms with Crippen molar-refractivity contribution in [2.45, 2.75) is 64.5 Å². The van der Waals surface area contributed by atoms with E-state index in [-0.39, 0.29) is 12.0 Å². The highest BCUT2D eigenvalue weighted by Crippen LogP contribution is 2.30. The number of likely N-dealkylation sites (N-methyl/N-ethyl adjacent to an activating group) is 1. The maximum Gasteiger partial charge on any atom is 0.410 e. The molecule has 0 bridgehead atoms. The van der Waals surface area contributed by atoms with E-state index in [1.54, 1.807) is 7.05 Å². The van der Waals surface area contributed by atoms with Crippen LogP contribution in [0.4, 0.5) is 4.79 Å². The molecule has 0 unspecified atom stereocenters. The van der Waals surface area contributed by atoms with Crippen molar-refractivity contribution < 1.29 is 14.3 Å². The largest absolute Gasteiger partial charge is 0.444 e. The molecular weight excluding hydrogens is 306 g/mol. The molecule has 6 heteroatoms. The van der Waals surface area contributed by atoms with E-state index in [9.17, 15) is 9.59 Å². The predicted molar refractivity (Wildman–Crippen MR) is 93.8 cm³/mol. The van der Waals surface area contributed by atoms with Gasteiger partial charge in [0, 0.05) is 26.2 Å². The van der Waals surface area contributed by atoms with E-state index in [0.29, 0.717) is 18.5 Å². The molecule has 2 amide bonds. The first kappa shape index (κ1) is 19.0. The summed E-state index contributed by atoms with van der Waals surface area (Å²) >= 11 is 0. The van der Waals surface area contributed by atoms with E-state index >= 15 is 0 Å². The third kappa shape index (κ3) is 5.36. The Bertz CT molecular complexity index is 447. The molecule has 0 spiro atoms. The Morgan fingerprint density at radius 3 is 2.54 bits per heavy atom. The van der Waals surface area contributed by atoms with Gasteiger partial charge in [-0.2, -0.15) is 0 Å². The lowest BCUT2D eigenvalue weighted by Crippen LogP contribution is -2.53. The lowest BCUT2D eigenvalue weighted by atomic mass is 9.84. The number of rotatable bonds is 3. The zero-order valence-electron chi connectivity index (χ0n) is 15.6. The van der Waals surface area contributed by atoms with E-state index < -0.39 is 5.60 Å². The van der Waals surface area contributed by atoms with E-state index in [0.717, 1.165) is 45.3 Å². The van der Waals surface area contributed by atoms with Crippen molar-refractivity contribution in [3.05, 3.63) is 0 Å². The number of carbonyl (C=O) groups excluding carboxylic acids is 2. The second-order valence-corrected chi connectivity index (χ2v) is 8.04. The van der Waals surface area contributed by atoms with Crippen LogP contribution in [0.25, 0.3) is 0 Å². The Kier molecular flexibility index (Phi) is 6.49. The Labute approximate surface area is 145 Å². The number of hydrogen-bond donors (Lipinski definition) is 1. The van der Waals surface area contributed by atoms with Gasteiger partial charge in [-0.05, 0) is 58.9 Å². The Balaban J connectivity index is 1.98. The molecule has 2 fully saturated rings. The number of nitrogens with one attached hydrogen (secondary N) is 1. The summed E-state index contributed by atoms with van der Waals surface area (Å²) in [7, 11) is 1.69. The summed E-state index contributed by atoms with van der Waals surface area (Å²) in [6.07, 6.45) is 5.39. The minimum absolute atomic E-state index is 0.0710. The molecule has 24 heavy (non-hydrogen) atoms. The van der Waals surface area contributed by atoms with Crippen LogP contribution in [0.3, 0.4) is 0 Å². The van der Waals surface area contributed by atoms with Crippen LogP contribution in [0, 0.1) is 5.92 Å². The Hall–Kier alpha value is -1.30. The number of likely N-dealkylation sites (tertiary alicyclic amines) is 2. The molecule has 6 nitrogen and oxygen atoms in total. The van der Waals surface area contributed by atoms with Crippen LogP contribution in [0.1, 0.15) is 52.9 Å². The average Bonchev–Trinajstić information content (AvgIpc) is 2.54. The lowest BCUT2D eigenvalue weighted by Gasteiger charge is -2.44. The standard InChI is InChI=1S/C18H33N3O3/c1-18(2,3)24-17(23)21-11-7-8-14(12-21)15-9-5-6-10-20(15)13-16(22)19-4/h14-15H,5-13H2,1-4H3,(H,19,22)/t14-,15+/m0/s1. The first-order valence-corrected chi connectivity index (χ1v) is 9.22. The summed E-state index contributed by atoms with van der Waals surface area (Å²) in [4.78, 5) is 28.3. The van der Waals surface area contributed by atoms with Crippen LogP contribution < -0.4 is 5.32 Å². The van der Waals surface area contributed by atoms with Gasteiger partial charge in [0.15, 0.2) is 0 Å². The third-order valence-corrected chi connectivity index (χ3v) is 4.94. The van der Waals surface area contributed by atoms with Crippen molar-refractivity contribution >= 4 is 12.0 Å². The van der Waals surface area contributed by atoms with E-state index in [4.69, 9.17) is 4.74 Å². The number of amides is 2. The molecule has 0 saturated carbocycles. The number of piperidine rings is 2. The third-order valence-electron chi connectivity index (χ3n) is 4.94. The molecule has 2 aliphatic rings. The minimum Gasteiger partial charge on any atom is -0.444 e. The van der Waals surface area contributed by atoms with Crippen LogP contribution in [-0.2, 0) is 9.53 Å². The summed E-state index contributed by atoms with van der Waals surface area (Å²) in [5.74, 6) is 0.498. The number of ether oxygens (including phenoxy) is 1. The smallest absolute Gasteiger partial charge is 0.410 e. The Morgan fingerprint density at radius 1 is 1.12 bits per heavy atom. The second-order valence-electron chi connectivity index (χ2n) is 8.04. The highest BCUT2D eigenvalue weighted by atomic mass is 16.6. The SMILES string of the molecule is CNC(=O)CN1CCCC[C@@H]1[C@H]1CCCN(C(=O)OC(C)(C)C)C1. The topological polar surface area (TPSA) is 61.9 Å². The molecule has 0 aromatic heterocycles. The van der Waals surface area contributed by atoms with Gasteiger partial charge in [0.25, 0.3) is 0 Å². The Morgan fingerprint density at radius 2 is 1.88 bits per heavy atom. The molecule has 2 aliphatic heterocycles. The maximum absolute atomic E-state index is 12.4. The van der Waals surface area contributed by atoms with Gasteiger partial charge in [0.1, 0.15) is 5.60 Å². The molecule has 2 rings (SSSR count). The van der Waals surface area contributed by atoms with Gasteiger partial charge in [-0.15, -0.1) is 0 Å². The summed E-state index contributed by atoms with van der Waals surface area (Å²) < 4.78 is 5.53. The molecule has 2 saturated heterocycles. The van der Waals surface area contributed by atoms with Crippen LogP contribution in [0.5, 0.6) is 0 Å². The van der Waals surface area contributed by atoms with Gasteiger partial charge >= 0.3 is 6.09 Å². The molecular formula is C18H33N3O3. The van der Waals surface area contributed by atoms with Crippen LogP contribution in [0.15, 0.2) is 0 Å². The number of carbonyl (C=O) groups is 2. The molecule has 0 aromatic rings. The molecule has 0 radical (unpaired) electrons. The van der Waals surface area contributed by atoms with Crippen molar-refractivity contribution in [3.63, 3.8) is 0 Å². The van der Waals surface area contributed by atoms with Crippen LogP contribution in [-0.4, -0.2) is 66.7 Å². The van der Waals surface area contributed by atoms with Gasteiger partial charge < -0.3 is 15.0 Å². The summed E-state index contributed by atoms with van der Waals surface area (Å²) in [5.41, 5.74) is -0.458. The average molecular weight is 339 g/mol. The predicted octanol–water partition coefficient (Wildman–Crippen LogP) is 2.23. The second kappa shape index (κ2) is 8.19. The van der Waals surface area contributed by atoms with Gasteiger partial charge in [-0.1, -0.05) is 6.42 Å². The van der Waals surface area contributed by atoms with Gasteiger partial charge in [-0.3, -0.25) is 9.69 Å². The fourth-order valence-electron chi connectivity index (χ4n) is 3.83. The molecule has 1 N–H and O–H groups in total. The van der Waals surface area contributed by atoms with Gasteiger partial charge in [-0.25, -0.2) is 4.79 Å². The highest BCUT2D eigenvalue weighted by molar-refractivity contribution is 5.77. The molecule has 2 atom stereocenters. The lowest BCUT2D eigenvalue weighted by molar-refractivity contribution is -0.123. The molecule has 138 valence electrons. The first-order chi connectivity index (χ1) is 11.3. The zero-order valence-corrected chi connectivity index (χ0v) is 15.6. The van der Waals surface area contributed by atoms with Crippen molar-refractivity contribution in [2.75, 3.05) is 33.2 Å².